The Morgan fingerprint density at radius 2 is 1.69 bits per heavy atom. The first kappa shape index (κ1) is 30.7. The van der Waals surface area contributed by atoms with Crippen LogP contribution in [0.5, 0.6) is 0 Å². The van der Waals surface area contributed by atoms with E-state index in [0.717, 1.165) is 16.4 Å². The quantitative estimate of drug-likeness (QED) is 0.231. The molecule has 5 rings (SSSR count). The second kappa shape index (κ2) is 11.7. The Morgan fingerprint density at radius 1 is 1.05 bits per heavy atom. The van der Waals surface area contributed by atoms with E-state index >= 15 is 0 Å². The van der Waals surface area contributed by atoms with Gasteiger partial charge in [0.05, 0.1) is 35.0 Å². The average Bonchev–Trinajstić information content (AvgIpc) is 3.43. The Kier molecular flexibility index (Phi) is 8.57. The zero-order valence-corrected chi connectivity index (χ0v) is 22.9. The molecule has 0 bridgehead atoms. The van der Waals surface area contributed by atoms with E-state index in [9.17, 15) is 42.4 Å². The first-order valence-corrected chi connectivity index (χ1v) is 14.0. The molecular formula is C26H28F5N5O5S. The molecule has 0 amide bonds. The summed E-state index contributed by atoms with van der Waals surface area (Å²) < 4.78 is 76.0. The van der Waals surface area contributed by atoms with Crippen LogP contribution in [0.4, 0.5) is 22.0 Å². The first-order valence-electron chi connectivity index (χ1n) is 13.1. The number of nitrogens with zero attached hydrogens (tertiary/aromatic N) is 5. The molecule has 6 atom stereocenters. The summed E-state index contributed by atoms with van der Waals surface area (Å²) in [7, 11) is 0. The van der Waals surface area contributed by atoms with E-state index in [1.165, 1.54) is 18.6 Å². The van der Waals surface area contributed by atoms with Crippen LogP contribution in [-0.2, 0) is 4.74 Å². The Bertz CT molecular complexity index is 1400. The number of alkyl halides is 2. The molecule has 3 aromatic rings. The highest BCUT2D eigenvalue weighted by atomic mass is 32.2. The molecule has 2 aliphatic rings. The summed E-state index contributed by atoms with van der Waals surface area (Å²) >= 11 is 0.881. The number of aryl methyl sites for hydroxylation is 1. The Labute approximate surface area is 240 Å². The van der Waals surface area contributed by atoms with E-state index in [-0.39, 0.29) is 29.8 Å². The minimum atomic E-state index is -2.95. The predicted molar refractivity (Wildman–Crippen MR) is 138 cm³/mol. The number of benzene rings is 1. The summed E-state index contributed by atoms with van der Waals surface area (Å²) in [6.45, 7) is 0.943. The van der Waals surface area contributed by atoms with Gasteiger partial charge in [0.2, 0.25) is 5.92 Å². The van der Waals surface area contributed by atoms with Gasteiger partial charge in [-0.1, -0.05) is 5.21 Å². The maximum Gasteiger partial charge on any atom is 0.248 e. The largest absolute Gasteiger partial charge is 0.394 e. The highest BCUT2D eigenvalue weighted by molar-refractivity contribution is 8.00. The molecular weight excluding hydrogens is 589 g/mol. The van der Waals surface area contributed by atoms with Gasteiger partial charge in [0.15, 0.2) is 17.5 Å². The van der Waals surface area contributed by atoms with Crippen molar-refractivity contribution in [2.24, 2.45) is 0 Å². The number of aromatic nitrogens is 5. The van der Waals surface area contributed by atoms with Gasteiger partial charge < -0.3 is 25.2 Å². The van der Waals surface area contributed by atoms with Gasteiger partial charge >= 0.3 is 0 Å². The molecule has 1 saturated heterocycles. The van der Waals surface area contributed by atoms with Crippen LogP contribution in [-0.4, -0.2) is 87.3 Å². The van der Waals surface area contributed by atoms with Gasteiger partial charge in [0.1, 0.15) is 35.5 Å². The number of aliphatic hydroxyl groups is 4. The molecule has 2 aromatic heterocycles. The summed E-state index contributed by atoms with van der Waals surface area (Å²) in [6, 6.07) is 0.0980. The first-order chi connectivity index (χ1) is 19.8. The summed E-state index contributed by atoms with van der Waals surface area (Å²) in [5.74, 6) is -7.52. The number of hydrogen-bond acceptors (Lipinski definition) is 10. The maximum atomic E-state index is 14.0. The number of rotatable bonds is 7. The fourth-order valence-corrected chi connectivity index (χ4v) is 6.96. The van der Waals surface area contributed by atoms with Gasteiger partial charge in [-0.05, 0) is 31.9 Å². The van der Waals surface area contributed by atoms with Gasteiger partial charge in [0.25, 0.3) is 0 Å². The number of hydrogen-bond donors (Lipinski definition) is 4. The van der Waals surface area contributed by atoms with Crippen molar-refractivity contribution in [1.29, 1.82) is 0 Å². The van der Waals surface area contributed by atoms with Gasteiger partial charge in [0, 0.05) is 30.8 Å². The SMILES string of the molecule is Cc1nccnc1C(S[C@@H]1O[C@H](CO)[C@H](O)[C@H](n2cc(-c3cc(F)c(F)c(F)c3)nn2)[C@H]1O)C1(O)CCC(F)(F)CC1. The summed E-state index contributed by atoms with van der Waals surface area (Å²) in [5.41, 5.74) is -2.50. The highest BCUT2D eigenvalue weighted by Crippen LogP contribution is 2.52. The molecule has 1 unspecified atom stereocenters. The fraction of sp³-hybridized carbons (Fsp3) is 0.538. The second-order valence-corrected chi connectivity index (χ2v) is 11.7. The van der Waals surface area contributed by atoms with E-state index in [1.54, 1.807) is 6.92 Å². The van der Waals surface area contributed by atoms with Crippen molar-refractivity contribution in [1.82, 2.24) is 25.0 Å². The van der Waals surface area contributed by atoms with Crippen molar-refractivity contribution in [3.05, 3.63) is 59.6 Å². The van der Waals surface area contributed by atoms with Crippen molar-refractivity contribution >= 4 is 11.8 Å². The third-order valence-corrected chi connectivity index (χ3v) is 9.31. The normalized spacial score (nSPS) is 28.0. The smallest absolute Gasteiger partial charge is 0.248 e. The summed E-state index contributed by atoms with van der Waals surface area (Å²) in [4.78, 5) is 8.54. The third-order valence-electron chi connectivity index (χ3n) is 7.72. The second-order valence-electron chi connectivity index (χ2n) is 10.5. The van der Waals surface area contributed by atoms with E-state index < -0.39 is 83.5 Å². The fourth-order valence-electron chi connectivity index (χ4n) is 5.32. The lowest BCUT2D eigenvalue weighted by atomic mass is 9.79. The lowest BCUT2D eigenvalue weighted by molar-refractivity contribution is -0.179. The van der Waals surface area contributed by atoms with E-state index in [0.29, 0.717) is 17.8 Å². The number of ether oxygens (including phenoxy) is 1. The van der Waals surface area contributed by atoms with Crippen LogP contribution in [0.2, 0.25) is 0 Å². The van der Waals surface area contributed by atoms with E-state index in [1.807, 2.05) is 0 Å². The lowest BCUT2D eigenvalue weighted by Gasteiger charge is -2.46. The van der Waals surface area contributed by atoms with Gasteiger partial charge in [-0.25, -0.2) is 26.6 Å². The zero-order valence-electron chi connectivity index (χ0n) is 22.1. The van der Waals surface area contributed by atoms with E-state index in [2.05, 4.69) is 20.3 Å². The number of aliphatic hydroxyl groups excluding tert-OH is 3. The molecule has 0 spiro atoms. The van der Waals surface area contributed by atoms with Gasteiger partial charge in [-0.2, -0.15) is 0 Å². The molecule has 1 aliphatic carbocycles. The molecule has 10 nitrogen and oxygen atoms in total. The predicted octanol–water partition coefficient (Wildman–Crippen LogP) is 2.86. The van der Waals surface area contributed by atoms with Crippen LogP contribution in [0.1, 0.15) is 48.4 Å². The highest BCUT2D eigenvalue weighted by Gasteiger charge is 2.52. The molecule has 2 fully saturated rings. The monoisotopic (exact) mass is 617 g/mol. The number of halogens is 5. The number of thioether (sulfide) groups is 1. The van der Waals surface area contributed by atoms with Crippen LogP contribution in [0.15, 0.2) is 30.7 Å². The molecule has 16 heteroatoms. The third kappa shape index (κ3) is 5.88. The minimum absolute atomic E-state index is 0.103. The summed E-state index contributed by atoms with van der Waals surface area (Å²) in [5, 5.41) is 50.7. The van der Waals surface area contributed by atoms with Crippen LogP contribution >= 0.6 is 11.8 Å². The van der Waals surface area contributed by atoms with Crippen LogP contribution < -0.4 is 0 Å². The van der Waals surface area contributed by atoms with Crippen molar-refractivity contribution in [3.63, 3.8) is 0 Å². The molecule has 1 aliphatic heterocycles. The van der Waals surface area contributed by atoms with Crippen LogP contribution in [0.3, 0.4) is 0 Å². The molecule has 4 N–H and O–H groups in total. The Morgan fingerprint density at radius 3 is 2.31 bits per heavy atom. The van der Waals surface area contributed by atoms with Gasteiger partial charge in [-0.3, -0.25) is 9.97 Å². The molecule has 42 heavy (non-hydrogen) atoms. The van der Waals surface area contributed by atoms with Crippen molar-refractivity contribution in [2.75, 3.05) is 6.61 Å². The molecule has 228 valence electrons. The Hall–Kier alpha value is -2.76. The zero-order chi connectivity index (χ0) is 30.4. The molecule has 0 radical (unpaired) electrons. The van der Waals surface area contributed by atoms with Crippen molar-refractivity contribution < 1.29 is 47.1 Å². The molecule has 3 heterocycles. The van der Waals surface area contributed by atoms with Crippen molar-refractivity contribution in [3.8, 4) is 11.3 Å². The molecule has 1 saturated carbocycles. The van der Waals surface area contributed by atoms with Gasteiger partial charge in [-0.15, -0.1) is 16.9 Å². The maximum absolute atomic E-state index is 14.0. The lowest BCUT2D eigenvalue weighted by Crippen LogP contribution is -2.55. The van der Waals surface area contributed by atoms with E-state index in [4.69, 9.17) is 4.74 Å². The standard InChI is InChI=1S/C26H28F5N5O5S/c1-12-19(33-7-6-32-12)23(25(40)2-4-26(30,31)5-3-25)42-24-22(39)20(21(38)17(11-37)41-24)36-10-16(34-35-36)13-8-14(27)18(29)15(28)9-13/h6-10,17,20-24,37-40H,2-5,11H2,1H3/t17-,20+,21+,22-,23?,24+/m1/s1. The summed E-state index contributed by atoms with van der Waals surface area (Å²) in [6.07, 6.45) is -2.10. The van der Waals surface area contributed by atoms with Crippen LogP contribution in [0.25, 0.3) is 11.3 Å². The Balaban J connectivity index is 1.47. The van der Waals surface area contributed by atoms with Crippen LogP contribution in [0, 0.1) is 24.4 Å². The minimum Gasteiger partial charge on any atom is -0.394 e. The topological polar surface area (TPSA) is 147 Å². The molecule has 1 aromatic carbocycles. The van der Waals surface area contributed by atoms with Crippen molar-refractivity contribution in [2.45, 2.75) is 79.2 Å². The average molecular weight is 618 g/mol.